The molecule has 1 amide bonds. The Bertz CT molecular complexity index is 1190. The Morgan fingerprint density at radius 3 is 2.71 bits per heavy atom. The number of para-hydroxylation sites is 3. The number of nitrogens with zero attached hydrogens (tertiary/aromatic N) is 4. The number of fused-ring (bicyclic) bond motifs is 5. The zero-order chi connectivity index (χ0) is 19.1. The number of imidazole rings is 1. The molecule has 6 heteroatoms. The third kappa shape index (κ3) is 2.92. The molecule has 2 aromatic carbocycles. The molecule has 1 aliphatic rings. The van der Waals surface area contributed by atoms with Gasteiger partial charge in [-0.1, -0.05) is 36.0 Å². The molecule has 1 unspecified atom stereocenters. The van der Waals surface area contributed by atoms with Gasteiger partial charge in [0.25, 0.3) is 0 Å². The molecule has 5 rings (SSSR count). The first-order valence-electron chi connectivity index (χ1n) is 9.80. The highest BCUT2D eigenvalue weighted by Crippen LogP contribution is 2.29. The van der Waals surface area contributed by atoms with Crippen LogP contribution in [-0.2, 0) is 4.79 Å². The lowest BCUT2D eigenvalue weighted by atomic mass is 10.0. The van der Waals surface area contributed by atoms with Gasteiger partial charge in [0.2, 0.25) is 5.91 Å². The molecule has 28 heavy (non-hydrogen) atoms. The number of thioether (sulfide) groups is 1. The summed E-state index contributed by atoms with van der Waals surface area (Å²) in [6.07, 6.45) is 3.42. The van der Waals surface area contributed by atoms with Crippen molar-refractivity contribution in [3.63, 3.8) is 0 Å². The van der Waals surface area contributed by atoms with Crippen molar-refractivity contribution in [1.82, 2.24) is 19.3 Å². The molecule has 0 saturated carbocycles. The first kappa shape index (κ1) is 17.5. The van der Waals surface area contributed by atoms with Crippen LogP contribution in [0.25, 0.3) is 27.6 Å². The Balaban J connectivity index is 1.57. The predicted octanol–water partition coefficient (Wildman–Crippen LogP) is 4.53. The van der Waals surface area contributed by atoms with Gasteiger partial charge in [0.05, 0.1) is 22.3 Å². The molecule has 1 atom stereocenters. The number of piperidine rings is 1. The van der Waals surface area contributed by atoms with Crippen molar-refractivity contribution in [1.29, 1.82) is 0 Å². The van der Waals surface area contributed by atoms with Gasteiger partial charge in [-0.3, -0.25) is 9.20 Å². The van der Waals surface area contributed by atoms with Crippen molar-refractivity contribution in [2.45, 2.75) is 37.4 Å². The molecule has 2 aromatic heterocycles. The highest BCUT2D eigenvalue weighted by Gasteiger charge is 2.24. The van der Waals surface area contributed by atoms with E-state index in [0.717, 1.165) is 52.1 Å². The first-order valence-corrected chi connectivity index (χ1v) is 10.8. The fraction of sp³-hybridized carbons (Fsp3) is 0.318. The number of aromatic nitrogens is 3. The van der Waals surface area contributed by atoms with Gasteiger partial charge in [-0.2, -0.15) is 0 Å². The lowest BCUT2D eigenvalue weighted by molar-refractivity contribution is -0.131. The fourth-order valence-corrected chi connectivity index (χ4v) is 4.98. The maximum absolute atomic E-state index is 12.8. The molecule has 1 saturated heterocycles. The maximum Gasteiger partial charge on any atom is 0.233 e. The van der Waals surface area contributed by atoms with E-state index in [0.29, 0.717) is 11.8 Å². The van der Waals surface area contributed by atoms with Crippen LogP contribution in [-0.4, -0.2) is 43.5 Å². The zero-order valence-corrected chi connectivity index (χ0v) is 16.7. The standard InChI is InChI=1S/C22H22N4OS/c1-15-8-6-7-13-25(15)20(27)14-28-22-24-17-10-3-2-9-16(17)21-23-18-11-4-5-12-19(18)26(21)22/h2-5,9-12,15H,6-8,13-14H2,1H3. The van der Waals surface area contributed by atoms with Gasteiger partial charge in [0.15, 0.2) is 5.16 Å². The largest absolute Gasteiger partial charge is 0.339 e. The molecule has 1 fully saturated rings. The van der Waals surface area contributed by atoms with Crippen molar-refractivity contribution in [2.24, 2.45) is 0 Å². The van der Waals surface area contributed by atoms with Crippen LogP contribution in [0.2, 0.25) is 0 Å². The summed E-state index contributed by atoms with van der Waals surface area (Å²) < 4.78 is 2.09. The number of amides is 1. The van der Waals surface area contributed by atoms with E-state index in [-0.39, 0.29) is 5.91 Å². The number of rotatable bonds is 3. The van der Waals surface area contributed by atoms with Gasteiger partial charge >= 0.3 is 0 Å². The Hall–Kier alpha value is -2.60. The summed E-state index contributed by atoms with van der Waals surface area (Å²) >= 11 is 1.51. The predicted molar refractivity (Wildman–Crippen MR) is 114 cm³/mol. The molecular formula is C22H22N4OS. The van der Waals surface area contributed by atoms with Crippen LogP contribution in [0.3, 0.4) is 0 Å². The van der Waals surface area contributed by atoms with Crippen LogP contribution in [0.15, 0.2) is 53.7 Å². The topological polar surface area (TPSA) is 50.5 Å². The molecule has 0 spiro atoms. The number of carbonyl (C=O) groups excluding carboxylic acids is 1. The average molecular weight is 391 g/mol. The highest BCUT2D eigenvalue weighted by atomic mass is 32.2. The van der Waals surface area contributed by atoms with Gasteiger partial charge in [-0.05, 0) is 50.5 Å². The number of hydrogen-bond donors (Lipinski definition) is 0. The minimum Gasteiger partial charge on any atom is -0.339 e. The highest BCUT2D eigenvalue weighted by molar-refractivity contribution is 7.99. The second-order valence-corrected chi connectivity index (χ2v) is 8.33. The summed E-state index contributed by atoms with van der Waals surface area (Å²) in [5, 5.41) is 1.85. The van der Waals surface area contributed by atoms with Gasteiger partial charge in [-0.15, -0.1) is 0 Å². The van der Waals surface area contributed by atoms with Crippen molar-refractivity contribution in [2.75, 3.05) is 12.3 Å². The quantitative estimate of drug-likeness (QED) is 0.381. The molecule has 142 valence electrons. The second kappa shape index (κ2) is 7.09. The molecule has 0 radical (unpaired) electrons. The van der Waals surface area contributed by atoms with Gasteiger partial charge in [0.1, 0.15) is 5.65 Å². The normalized spacial score (nSPS) is 17.6. The number of hydrogen-bond acceptors (Lipinski definition) is 4. The molecule has 0 aliphatic carbocycles. The van der Waals surface area contributed by atoms with Gasteiger partial charge in [0, 0.05) is 18.0 Å². The summed E-state index contributed by atoms with van der Waals surface area (Å²) in [4.78, 5) is 24.6. The average Bonchev–Trinajstić information content (AvgIpc) is 3.12. The van der Waals surface area contributed by atoms with E-state index in [4.69, 9.17) is 9.97 Å². The van der Waals surface area contributed by atoms with E-state index >= 15 is 0 Å². The van der Waals surface area contributed by atoms with Crippen LogP contribution < -0.4 is 0 Å². The summed E-state index contributed by atoms with van der Waals surface area (Å²) in [6.45, 7) is 3.02. The summed E-state index contributed by atoms with van der Waals surface area (Å²) in [7, 11) is 0. The zero-order valence-electron chi connectivity index (χ0n) is 15.8. The van der Waals surface area contributed by atoms with Crippen molar-refractivity contribution < 1.29 is 4.79 Å². The smallest absolute Gasteiger partial charge is 0.233 e. The number of benzene rings is 2. The Morgan fingerprint density at radius 2 is 1.86 bits per heavy atom. The molecule has 0 N–H and O–H groups in total. The molecule has 5 nitrogen and oxygen atoms in total. The van der Waals surface area contributed by atoms with E-state index in [9.17, 15) is 4.79 Å². The Kier molecular flexibility index (Phi) is 4.43. The molecular weight excluding hydrogens is 368 g/mol. The first-order chi connectivity index (χ1) is 13.7. The van der Waals surface area contributed by atoms with Crippen LogP contribution in [0.4, 0.5) is 0 Å². The van der Waals surface area contributed by atoms with E-state index < -0.39 is 0 Å². The van der Waals surface area contributed by atoms with Crippen molar-refractivity contribution in [3.8, 4) is 0 Å². The van der Waals surface area contributed by atoms with E-state index in [2.05, 4.69) is 23.5 Å². The third-order valence-corrected chi connectivity index (χ3v) is 6.48. The molecule has 3 heterocycles. The minimum absolute atomic E-state index is 0.199. The molecule has 1 aliphatic heterocycles. The Morgan fingerprint density at radius 1 is 1.07 bits per heavy atom. The van der Waals surface area contributed by atoms with Crippen LogP contribution >= 0.6 is 11.8 Å². The molecule has 4 aromatic rings. The van der Waals surface area contributed by atoms with E-state index in [1.807, 2.05) is 41.3 Å². The summed E-state index contributed by atoms with van der Waals surface area (Å²) in [5.74, 6) is 0.599. The van der Waals surface area contributed by atoms with E-state index in [1.54, 1.807) is 0 Å². The van der Waals surface area contributed by atoms with Crippen molar-refractivity contribution >= 4 is 45.3 Å². The summed E-state index contributed by atoms with van der Waals surface area (Å²) in [5.41, 5.74) is 3.77. The minimum atomic E-state index is 0.199. The Labute approximate surface area is 167 Å². The monoisotopic (exact) mass is 390 g/mol. The maximum atomic E-state index is 12.8. The van der Waals surface area contributed by atoms with Crippen LogP contribution in [0, 0.1) is 0 Å². The molecule has 0 bridgehead atoms. The second-order valence-electron chi connectivity index (χ2n) is 7.39. The summed E-state index contributed by atoms with van der Waals surface area (Å²) in [6, 6.07) is 16.5. The number of carbonyl (C=O) groups is 1. The number of likely N-dealkylation sites (tertiary alicyclic amines) is 1. The lowest BCUT2D eigenvalue weighted by Crippen LogP contribution is -2.42. The van der Waals surface area contributed by atoms with E-state index in [1.165, 1.54) is 18.2 Å². The van der Waals surface area contributed by atoms with Crippen LogP contribution in [0.5, 0.6) is 0 Å². The SMILES string of the molecule is CC1CCCCN1C(=O)CSc1nc2ccccc2c2nc3ccccc3n12. The van der Waals surface area contributed by atoms with Gasteiger partial charge in [-0.25, -0.2) is 9.97 Å². The fourth-order valence-electron chi connectivity index (χ4n) is 4.09. The third-order valence-electron chi connectivity index (χ3n) is 5.56. The lowest BCUT2D eigenvalue weighted by Gasteiger charge is -2.33. The van der Waals surface area contributed by atoms with Gasteiger partial charge < -0.3 is 4.90 Å². The van der Waals surface area contributed by atoms with Crippen molar-refractivity contribution in [3.05, 3.63) is 48.5 Å². The van der Waals surface area contributed by atoms with Crippen LogP contribution in [0.1, 0.15) is 26.2 Å².